The summed E-state index contributed by atoms with van der Waals surface area (Å²) >= 11 is 0. The number of aryl methyl sites for hydroxylation is 2. The van der Waals surface area contributed by atoms with Crippen LogP contribution in [-0.4, -0.2) is 17.0 Å². The number of rotatable bonds is 2. The van der Waals surface area contributed by atoms with Crippen molar-refractivity contribution < 1.29 is 4.39 Å². The van der Waals surface area contributed by atoms with Crippen molar-refractivity contribution in [2.75, 3.05) is 12.4 Å². The fraction of sp³-hybridized carbons (Fsp3) is 0.286. The number of nitrogens with one attached hydrogen (secondary N) is 1. The largest absolute Gasteiger partial charge is 0.371 e. The average molecular weight is 245 g/mol. The van der Waals surface area contributed by atoms with Crippen molar-refractivity contribution in [3.8, 4) is 11.4 Å². The summed E-state index contributed by atoms with van der Waals surface area (Å²) in [5.74, 6) is 0.393. The second kappa shape index (κ2) is 4.72. The van der Waals surface area contributed by atoms with Gasteiger partial charge in [0.25, 0.3) is 0 Å². The maximum atomic E-state index is 13.7. The summed E-state index contributed by atoms with van der Waals surface area (Å²) in [6.07, 6.45) is 0. The van der Waals surface area contributed by atoms with Gasteiger partial charge in [-0.2, -0.15) is 0 Å². The van der Waals surface area contributed by atoms with E-state index < -0.39 is 5.82 Å². The van der Waals surface area contributed by atoms with Crippen LogP contribution in [0.5, 0.6) is 0 Å². The summed E-state index contributed by atoms with van der Waals surface area (Å²) in [6, 6.07) is 5.95. The van der Waals surface area contributed by atoms with Gasteiger partial charge in [0.15, 0.2) is 17.5 Å². The van der Waals surface area contributed by atoms with Gasteiger partial charge in [-0.15, -0.1) is 0 Å². The van der Waals surface area contributed by atoms with Crippen LogP contribution < -0.4 is 5.32 Å². The van der Waals surface area contributed by atoms with Crippen LogP contribution in [0.2, 0.25) is 0 Å². The Morgan fingerprint density at radius 3 is 2.50 bits per heavy atom. The minimum Gasteiger partial charge on any atom is -0.371 e. The molecule has 18 heavy (non-hydrogen) atoms. The predicted molar refractivity (Wildman–Crippen MR) is 71.2 cm³/mol. The molecular formula is C14H16FN3. The van der Waals surface area contributed by atoms with Crippen molar-refractivity contribution in [1.29, 1.82) is 0 Å². The number of hydrogen-bond acceptors (Lipinski definition) is 3. The highest BCUT2D eigenvalue weighted by Gasteiger charge is 2.13. The highest BCUT2D eigenvalue weighted by Crippen LogP contribution is 2.25. The molecule has 0 amide bonds. The first-order chi connectivity index (χ1) is 8.54. The number of nitrogens with zero attached hydrogens (tertiary/aromatic N) is 2. The van der Waals surface area contributed by atoms with E-state index in [4.69, 9.17) is 0 Å². The standard InChI is InChI=1S/C14H16FN3/c1-8-6-5-7-11(9(8)2)13-17-10(3)12(15)14(16-4)18-13/h5-7H,1-4H3,(H,16,17,18). The Balaban J connectivity index is 2.64. The molecule has 3 nitrogen and oxygen atoms in total. The Morgan fingerprint density at radius 1 is 1.11 bits per heavy atom. The molecule has 4 heteroatoms. The monoisotopic (exact) mass is 245 g/mol. The topological polar surface area (TPSA) is 37.8 Å². The zero-order valence-corrected chi connectivity index (χ0v) is 11.0. The molecule has 0 fully saturated rings. The lowest BCUT2D eigenvalue weighted by Gasteiger charge is -2.10. The Bertz CT molecular complexity index is 594. The molecule has 1 aromatic heterocycles. The van der Waals surface area contributed by atoms with Crippen molar-refractivity contribution in [3.05, 3.63) is 40.8 Å². The summed E-state index contributed by atoms with van der Waals surface area (Å²) in [5.41, 5.74) is 3.58. The smallest absolute Gasteiger partial charge is 0.186 e. The van der Waals surface area contributed by atoms with E-state index in [1.54, 1.807) is 14.0 Å². The van der Waals surface area contributed by atoms with E-state index >= 15 is 0 Å². The van der Waals surface area contributed by atoms with E-state index in [1.165, 1.54) is 5.56 Å². The normalized spacial score (nSPS) is 10.5. The van der Waals surface area contributed by atoms with Gasteiger partial charge in [0.05, 0.1) is 5.69 Å². The van der Waals surface area contributed by atoms with Gasteiger partial charge in [0.2, 0.25) is 0 Å². The van der Waals surface area contributed by atoms with Crippen molar-refractivity contribution in [2.24, 2.45) is 0 Å². The van der Waals surface area contributed by atoms with E-state index in [2.05, 4.69) is 15.3 Å². The van der Waals surface area contributed by atoms with Crippen LogP contribution in [0.1, 0.15) is 16.8 Å². The summed E-state index contributed by atoms with van der Waals surface area (Å²) in [7, 11) is 1.65. The number of anilines is 1. The van der Waals surface area contributed by atoms with Crippen LogP contribution in [0.15, 0.2) is 18.2 Å². The molecule has 0 radical (unpaired) electrons. The minimum atomic E-state index is -0.397. The quantitative estimate of drug-likeness (QED) is 0.882. The molecule has 0 aliphatic rings. The molecule has 0 saturated heterocycles. The van der Waals surface area contributed by atoms with E-state index in [0.717, 1.165) is 11.1 Å². The van der Waals surface area contributed by atoms with Gasteiger partial charge < -0.3 is 5.32 Å². The third-order valence-electron chi connectivity index (χ3n) is 3.10. The first-order valence-electron chi connectivity index (χ1n) is 5.83. The summed E-state index contributed by atoms with van der Waals surface area (Å²) in [5, 5.41) is 2.75. The van der Waals surface area contributed by atoms with Gasteiger partial charge in [0.1, 0.15) is 0 Å². The fourth-order valence-corrected chi connectivity index (χ4v) is 1.84. The first-order valence-corrected chi connectivity index (χ1v) is 5.83. The Kier molecular flexibility index (Phi) is 3.28. The van der Waals surface area contributed by atoms with E-state index in [9.17, 15) is 4.39 Å². The van der Waals surface area contributed by atoms with Crippen LogP contribution in [0.4, 0.5) is 10.2 Å². The second-order valence-electron chi connectivity index (χ2n) is 4.29. The number of hydrogen-bond donors (Lipinski definition) is 1. The van der Waals surface area contributed by atoms with Crippen LogP contribution >= 0.6 is 0 Å². The molecule has 0 aliphatic carbocycles. The van der Waals surface area contributed by atoms with Crippen LogP contribution in [0, 0.1) is 26.6 Å². The van der Waals surface area contributed by atoms with Gasteiger partial charge in [0, 0.05) is 12.6 Å². The predicted octanol–water partition coefficient (Wildman–Crippen LogP) is 3.25. The number of benzene rings is 1. The SMILES string of the molecule is CNc1nc(-c2cccc(C)c2C)nc(C)c1F. The highest BCUT2D eigenvalue weighted by atomic mass is 19.1. The molecule has 2 rings (SSSR count). The Morgan fingerprint density at radius 2 is 1.83 bits per heavy atom. The van der Waals surface area contributed by atoms with Crippen molar-refractivity contribution in [2.45, 2.75) is 20.8 Å². The van der Waals surface area contributed by atoms with Crippen molar-refractivity contribution in [3.63, 3.8) is 0 Å². The maximum Gasteiger partial charge on any atom is 0.186 e. The lowest BCUT2D eigenvalue weighted by molar-refractivity contribution is 0.607. The number of aromatic nitrogens is 2. The van der Waals surface area contributed by atoms with Crippen LogP contribution in [0.25, 0.3) is 11.4 Å². The molecule has 1 N–H and O–H groups in total. The molecule has 0 bridgehead atoms. The fourth-order valence-electron chi connectivity index (χ4n) is 1.84. The van der Waals surface area contributed by atoms with Gasteiger partial charge in [-0.25, -0.2) is 14.4 Å². The molecule has 1 heterocycles. The first kappa shape index (κ1) is 12.5. The zero-order valence-electron chi connectivity index (χ0n) is 11.0. The molecule has 0 aliphatic heterocycles. The van der Waals surface area contributed by atoms with Gasteiger partial charge in [-0.05, 0) is 31.9 Å². The molecule has 0 saturated carbocycles. The minimum absolute atomic E-state index is 0.235. The lowest BCUT2D eigenvalue weighted by Crippen LogP contribution is -2.04. The molecule has 94 valence electrons. The van der Waals surface area contributed by atoms with Crippen molar-refractivity contribution in [1.82, 2.24) is 9.97 Å². The third kappa shape index (κ3) is 2.06. The van der Waals surface area contributed by atoms with Crippen molar-refractivity contribution >= 4 is 5.82 Å². The maximum absolute atomic E-state index is 13.7. The third-order valence-corrected chi connectivity index (χ3v) is 3.10. The van der Waals surface area contributed by atoms with Gasteiger partial charge >= 0.3 is 0 Å². The van der Waals surface area contributed by atoms with E-state index in [1.807, 2.05) is 32.0 Å². The molecular weight excluding hydrogens is 229 g/mol. The molecule has 2 aromatic rings. The molecule has 0 atom stereocenters. The zero-order chi connectivity index (χ0) is 13.3. The van der Waals surface area contributed by atoms with Crippen LogP contribution in [-0.2, 0) is 0 Å². The Hall–Kier alpha value is -1.97. The molecule has 0 unspecified atom stereocenters. The lowest BCUT2D eigenvalue weighted by atomic mass is 10.0. The van der Waals surface area contributed by atoms with Gasteiger partial charge in [-0.1, -0.05) is 18.2 Å². The molecule has 0 spiro atoms. The van der Waals surface area contributed by atoms with Gasteiger partial charge in [-0.3, -0.25) is 0 Å². The van der Waals surface area contributed by atoms with E-state index in [-0.39, 0.29) is 5.82 Å². The summed E-state index contributed by atoms with van der Waals surface area (Å²) < 4.78 is 13.7. The second-order valence-corrected chi connectivity index (χ2v) is 4.29. The number of halogens is 1. The summed E-state index contributed by atoms with van der Waals surface area (Å²) in [6.45, 7) is 5.70. The molecule has 1 aromatic carbocycles. The van der Waals surface area contributed by atoms with Crippen LogP contribution in [0.3, 0.4) is 0 Å². The van der Waals surface area contributed by atoms with E-state index in [0.29, 0.717) is 11.5 Å². The summed E-state index contributed by atoms with van der Waals surface area (Å²) in [4.78, 5) is 8.45. The average Bonchev–Trinajstić information content (AvgIpc) is 2.36. The highest BCUT2D eigenvalue weighted by molar-refractivity contribution is 5.63. The Labute approximate surface area is 106 Å².